The molecule has 1 aliphatic carbocycles. The summed E-state index contributed by atoms with van der Waals surface area (Å²) >= 11 is 0. The van der Waals surface area contributed by atoms with Crippen molar-refractivity contribution in [3.63, 3.8) is 0 Å². The molecule has 3 rings (SSSR count). The number of aryl methyl sites for hydroxylation is 1. The molecule has 0 N–H and O–H groups in total. The van der Waals surface area contributed by atoms with Crippen LogP contribution in [0.1, 0.15) is 29.7 Å². The average molecular weight is 219 g/mol. The van der Waals surface area contributed by atoms with Crippen LogP contribution in [0.4, 0.5) is 0 Å². The van der Waals surface area contributed by atoms with Gasteiger partial charge < -0.3 is 0 Å². The number of fused-ring (bicyclic) bond motifs is 3. The highest BCUT2D eigenvalue weighted by Crippen LogP contribution is 2.50. The quantitative estimate of drug-likeness (QED) is 0.669. The molecule has 2 atom stereocenters. The molecule has 1 aromatic carbocycles. The van der Waals surface area contributed by atoms with E-state index in [0.29, 0.717) is 0 Å². The fourth-order valence-corrected chi connectivity index (χ4v) is 2.77. The first-order valence-corrected chi connectivity index (χ1v) is 5.71. The summed E-state index contributed by atoms with van der Waals surface area (Å²) in [6, 6.07) is 6.62. The SMILES string of the molecule is Cc1ccc2c(c1)C[C@@]1(C)CON(C)O[C@@H]21. The summed E-state index contributed by atoms with van der Waals surface area (Å²) in [6.45, 7) is 5.09. The fourth-order valence-electron chi connectivity index (χ4n) is 2.77. The Morgan fingerprint density at radius 1 is 1.44 bits per heavy atom. The monoisotopic (exact) mass is 219 g/mol. The maximum atomic E-state index is 5.79. The third kappa shape index (κ3) is 1.39. The van der Waals surface area contributed by atoms with E-state index in [1.807, 2.05) is 7.05 Å². The Labute approximate surface area is 95.9 Å². The van der Waals surface area contributed by atoms with Gasteiger partial charge in [-0.05, 0) is 24.5 Å². The van der Waals surface area contributed by atoms with Gasteiger partial charge in [-0.25, -0.2) is 0 Å². The van der Waals surface area contributed by atoms with Crippen LogP contribution >= 0.6 is 0 Å². The lowest BCUT2D eigenvalue weighted by Crippen LogP contribution is -2.41. The van der Waals surface area contributed by atoms with E-state index in [2.05, 4.69) is 32.0 Å². The second-order valence-corrected chi connectivity index (χ2v) is 5.23. The number of hydroxylamine groups is 2. The highest BCUT2D eigenvalue weighted by Gasteiger charge is 2.47. The van der Waals surface area contributed by atoms with Crippen molar-refractivity contribution in [1.29, 1.82) is 0 Å². The Bertz CT molecular complexity index is 432. The van der Waals surface area contributed by atoms with Gasteiger partial charge in [0.1, 0.15) is 6.10 Å². The molecule has 1 aliphatic heterocycles. The van der Waals surface area contributed by atoms with Crippen LogP contribution in [0.25, 0.3) is 0 Å². The van der Waals surface area contributed by atoms with Gasteiger partial charge in [0.05, 0.1) is 6.61 Å². The van der Waals surface area contributed by atoms with E-state index in [9.17, 15) is 0 Å². The summed E-state index contributed by atoms with van der Waals surface area (Å²) in [5.41, 5.74) is 4.13. The molecule has 0 spiro atoms. The minimum absolute atomic E-state index is 0.0859. The number of rotatable bonds is 0. The van der Waals surface area contributed by atoms with Crippen LogP contribution in [0, 0.1) is 12.3 Å². The zero-order valence-electron chi connectivity index (χ0n) is 9.99. The second-order valence-electron chi connectivity index (χ2n) is 5.23. The smallest absolute Gasteiger partial charge is 0.115 e. The van der Waals surface area contributed by atoms with Crippen LogP contribution in [-0.2, 0) is 16.1 Å². The van der Waals surface area contributed by atoms with Gasteiger partial charge in [0.25, 0.3) is 0 Å². The zero-order valence-corrected chi connectivity index (χ0v) is 9.99. The van der Waals surface area contributed by atoms with Gasteiger partial charge in [0.2, 0.25) is 0 Å². The summed E-state index contributed by atoms with van der Waals surface area (Å²) in [4.78, 5) is 11.3. The summed E-state index contributed by atoms with van der Waals surface area (Å²) < 4.78 is 0. The minimum atomic E-state index is 0.0859. The Hall–Kier alpha value is -0.900. The normalized spacial score (nSPS) is 33.6. The van der Waals surface area contributed by atoms with E-state index in [-0.39, 0.29) is 11.5 Å². The molecule has 16 heavy (non-hydrogen) atoms. The molecule has 1 aromatic rings. The summed E-state index contributed by atoms with van der Waals surface area (Å²) in [5.74, 6) is 0. The number of hydrogen-bond acceptors (Lipinski definition) is 3. The lowest BCUT2D eigenvalue weighted by Gasteiger charge is -2.39. The van der Waals surface area contributed by atoms with Gasteiger partial charge in [-0.15, -0.1) is 0 Å². The summed E-state index contributed by atoms with van der Waals surface area (Å²) in [5, 5.41) is 1.49. The predicted octanol–water partition coefficient (Wildman–Crippen LogP) is 2.41. The van der Waals surface area contributed by atoms with Crippen LogP contribution in [0.5, 0.6) is 0 Å². The van der Waals surface area contributed by atoms with Crippen LogP contribution in [-0.4, -0.2) is 18.9 Å². The largest absolute Gasteiger partial charge is 0.274 e. The van der Waals surface area contributed by atoms with Gasteiger partial charge >= 0.3 is 0 Å². The standard InChI is InChI=1S/C13H17NO2/c1-9-4-5-11-10(6-9)7-13(2)8-15-14(3)16-12(11)13/h4-6,12H,7-8H2,1-3H3/t12-,13-/m0/s1. The van der Waals surface area contributed by atoms with Crippen LogP contribution in [0.2, 0.25) is 0 Å². The highest BCUT2D eigenvalue weighted by atomic mass is 17.0. The molecule has 0 unspecified atom stereocenters. The average Bonchev–Trinajstić information content (AvgIpc) is 2.50. The maximum Gasteiger partial charge on any atom is 0.115 e. The topological polar surface area (TPSA) is 21.7 Å². The van der Waals surface area contributed by atoms with E-state index in [1.54, 1.807) is 0 Å². The molecule has 2 aliphatic rings. The lowest BCUT2D eigenvalue weighted by atomic mass is 9.85. The molecule has 1 fully saturated rings. The van der Waals surface area contributed by atoms with Gasteiger partial charge in [-0.2, -0.15) is 0 Å². The van der Waals surface area contributed by atoms with Crippen LogP contribution in [0.15, 0.2) is 18.2 Å². The lowest BCUT2D eigenvalue weighted by molar-refractivity contribution is -0.430. The molecule has 3 heteroatoms. The molecular formula is C13H17NO2. The summed E-state index contributed by atoms with van der Waals surface area (Å²) in [7, 11) is 1.81. The third-order valence-corrected chi connectivity index (χ3v) is 3.64. The molecule has 0 saturated carbocycles. The van der Waals surface area contributed by atoms with Gasteiger partial charge in [-0.3, -0.25) is 9.68 Å². The molecular weight excluding hydrogens is 202 g/mol. The van der Waals surface area contributed by atoms with Crippen molar-refractivity contribution in [2.75, 3.05) is 13.7 Å². The predicted molar refractivity (Wildman–Crippen MR) is 60.5 cm³/mol. The first-order chi connectivity index (χ1) is 7.58. The van der Waals surface area contributed by atoms with Crippen molar-refractivity contribution in [1.82, 2.24) is 5.23 Å². The van der Waals surface area contributed by atoms with Crippen molar-refractivity contribution in [3.8, 4) is 0 Å². The van der Waals surface area contributed by atoms with Gasteiger partial charge in [-0.1, -0.05) is 35.9 Å². The van der Waals surface area contributed by atoms with Crippen molar-refractivity contribution in [3.05, 3.63) is 34.9 Å². The Balaban J connectivity index is 2.04. The Kier molecular flexibility index (Phi) is 2.11. The second kappa shape index (κ2) is 3.29. The highest BCUT2D eigenvalue weighted by molar-refractivity contribution is 5.39. The van der Waals surface area contributed by atoms with Gasteiger partial charge in [0.15, 0.2) is 0 Å². The van der Waals surface area contributed by atoms with Crippen molar-refractivity contribution < 1.29 is 9.68 Å². The van der Waals surface area contributed by atoms with E-state index >= 15 is 0 Å². The fraction of sp³-hybridized carbons (Fsp3) is 0.538. The van der Waals surface area contributed by atoms with E-state index in [4.69, 9.17) is 9.68 Å². The summed E-state index contributed by atoms with van der Waals surface area (Å²) in [6.07, 6.45) is 1.18. The first kappa shape index (κ1) is 10.3. The minimum Gasteiger partial charge on any atom is -0.274 e. The van der Waals surface area contributed by atoms with Gasteiger partial charge in [0, 0.05) is 12.5 Å². The first-order valence-electron chi connectivity index (χ1n) is 5.71. The number of benzene rings is 1. The van der Waals surface area contributed by atoms with Crippen molar-refractivity contribution in [2.24, 2.45) is 5.41 Å². The zero-order chi connectivity index (χ0) is 11.3. The Morgan fingerprint density at radius 3 is 3.06 bits per heavy atom. The molecule has 86 valence electrons. The molecule has 0 amide bonds. The van der Waals surface area contributed by atoms with Crippen LogP contribution in [0.3, 0.4) is 0 Å². The Morgan fingerprint density at radius 2 is 2.25 bits per heavy atom. The van der Waals surface area contributed by atoms with E-state index in [1.165, 1.54) is 21.9 Å². The molecule has 0 bridgehead atoms. The molecule has 0 aromatic heterocycles. The number of hydrogen-bond donors (Lipinski definition) is 0. The van der Waals surface area contributed by atoms with E-state index < -0.39 is 0 Å². The molecule has 1 saturated heterocycles. The number of nitrogens with zero attached hydrogens (tertiary/aromatic N) is 1. The van der Waals surface area contributed by atoms with E-state index in [0.717, 1.165) is 13.0 Å². The van der Waals surface area contributed by atoms with Crippen LogP contribution < -0.4 is 0 Å². The van der Waals surface area contributed by atoms with Crippen molar-refractivity contribution in [2.45, 2.75) is 26.4 Å². The van der Waals surface area contributed by atoms with Crippen molar-refractivity contribution >= 4 is 0 Å². The molecule has 1 heterocycles. The molecule has 3 nitrogen and oxygen atoms in total. The molecule has 0 radical (unpaired) electrons. The maximum absolute atomic E-state index is 5.79. The third-order valence-electron chi connectivity index (χ3n) is 3.64.